The van der Waals surface area contributed by atoms with E-state index in [1.54, 1.807) is 33.0 Å². The molecule has 1 atom stereocenters. The topological polar surface area (TPSA) is 65.1 Å². The van der Waals surface area contributed by atoms with Gasteiger partial charge >= 0.3 is 5.97 Å². The molecule has 1 heterocycles. The van der Waals surface area contributed by atoms with Crippen LogP contribution in [0.15, 0.2) is 42.5 Å². The van der Waals surface area contributed by atoms with Gasteiger partial charge in [0, 0.05) is 13.5 Å². The van der Waals surface area contributed by atoms with Crippen molar-refractivity contribution in [1.82, 2.24) is 4.90 Å². The minimum Gasteiger partial charge on any atom is -0.493 e. The third-order valence-electron chi connectivity index (χ3n) is 5.16. The van der Waals surface area contributed by atoms with Gasteiger partial charge in [0.05, 0.1) is 20.3 Å². The first-order valence-corrected chi connectivity index (χ1v) is 9.59. The number of esters is 1. The van der Waals surface area contributed by atoms with Gasteiger partial charge in [-0.1, -0.05) is 30.3 Å². The molecule has 1 aliphatic heterocycles. The van der Waals surface area contributed by atoms with Crippen molar-refractivity contribution in [2.24, 2.45) is 0 Å². The van der Waals surface area contributed by atoms with Crippen LogP contribution >= 0.6 is 0 Å². The van der Waals surface area contributed by atoms with E-state index in [0.29, 0.717) is 24.5 Å². The van der Waals surface area contributed by atoms with E-state index >= 15 is 0 Å². The van der Waals surface area contributed by atoms with Gasteiger partial charge in [-0.15, -0.1) is 0 Å². The Balaban J connectivity index is 2.12. The highest BCUT2D eigenvalue weighted by Gasteiger charge is 2.41. The number of methoxy groups -OCH3 is 2. The van der Waals surface area contributed by atoms with Crippen molar-refractivity contribution < 1.29 is 23.8 Å². The summed E-state index contributed by atoms with van der Waals surface area (Å²) in [6.07, 6.45) is 0.668. The molecule has 0 aromatic heterocycles. The molecule has 3 rings (SSSR count). The van der Waals surface area contributed by atoms with Gasteiger partial charge in [-0.05, 0) is 49.1 Å². The van der Waals surface area contributed by atoms with Crippen LogP contribution in [0.5, 0.6) is 11.5 Å². The van der Waals surface area contributed by atoms with Crippen LogP contribution < -0.4 is 9.47 Å². The predicted molar refractivity (Wildman–Crippen MR) is 109 cm³/mol. The van der Waals surface area contributed by atoms with Crippen molar-refractivity contribution in [2.45, 2.75) is 38.8 Å². The first-order chi connectivity index (χ1) is 13.8. The number of hydrogen-bond acceptors (Lipinski definition) is 5. The van der Waals surface area contributed by atoms with Crippen molar-refractivity contribution in [3.05, 3.63) is 59.2 Å². The summed E-state index contributed by atoms with van der Waals surface area (Å²) in [6, 6.07) is 13.4. The highest BCUT2D eigenvalue weighted by Crippen LogP contribution is 2.41. The Morgan fingerprint density at radius 3 is 2.24 bits per heavy atom. The van der Waals surface area contributed by atoms with E-state index in [9.17, 15) is 9.59 Å². The van der Waals surface area contributed by atoms with E-state index in [1.807, 2.05) is 42.5 Å². The molecular weight excluding hydrogens is 370 g/mol. The summed E-state index contributed by atoms with van der Waals surface area (Å²) >= 11 is 0. The SMILES string of the molecule is COc1cc2c(cc1OC)[C@H](c1ccccc1)N(C(=O)C(C)(C)OC(C)=O)CC2. The molecule has 0 saturated carbocycles. The molecule has 0 radical (unpaired) electrons. The Hall–Kier alpha value is -3.02. The second kappa shape index (κ2) is 8.15. The highest BCUT2D eigenvalue weighted by atomic mass is 16.6. The van der Waals surface area contributed by atoms with Gasteiger partial charge < -0.3 is 19.1 Å². The van der Waals surface area contributed by atoms with E-state index in [-0.39, 0.29) is 11.9 Å². The van der Waals surface area contributed by atoms with E-state index in [1.165, 1.54) is 6.92 Å². The molecule has 0 spiro atoms. The standard InChI is InChI=1S/C23H27NO5/c1-15(25)29-23(2,3)22(26)24-12-11-17-13-19(27-4)20(28-5)14-18(17)21(24)16-9-7-6-8-10-16/h6-10,13-14,21H,11-12H2,1-5H3/t21-/m0/s1. The molecule has 0 aliphatic carbocycles. The van der Waals surface area contributed by atoms with Crippen LogP contribution in [0.4, 0.5) is 0 Å². The fourth-order valence-electron chi connectivity index (χ4n) is 3.91. The highest BCUT2D eigenvalue weighted by molar-refractivity contribution is 5.88. The Morgan fingerprint density at radius 1 is 1.03 bits per heavy atom. The molecule has 0 saturated heterocycles. The average molecular weight is 397 g/mol. The minimum absolute atomic E-state index is 0.234. The number of hydrogen-bond donors (Lipinski definition) is 0. The molecule has 0 N–H and O–H groups in total. The van der Waals surface area contributed by atoms with E-state index in [2.05, 4.69) is 0 Å². The lowest BCUT2D eigenvalue weighted by Crippen LogP contribution is -2.51. The van der Waals surface area contributed by atoms with Crippen LogP contribution in [0, 0.1) is 0 Å². The number of amides is 1. The summed E-state index contributed by atoms with van der Waals surface area (Å²) in [6.45, 7) is 5.07. The van der Waals surface area contributed by atoms with Gasteiger partial charge in [-0.3, -0.25) is 9.59 Å². The number of carbonyl (C=O) groups is 2. The lowest BCUT2D eigenvalue weighted by atomic mass is 9.86. The zero-order valence-corrected chi connectivity index (χ0v) is 17.5. The van der Waals surface area contributed by atoms with Crippen molar-refractivity contribution in [1.29, 1.82) is 0 Å². The van der Waals surface area contributed by atoms with Crippen molar-refractivity contribution in [3.8, 4) is 11.5 Å². The smallest absolute Gasteiger partial charge is 0.303 e. The van der Waals surface area contributed by atoms with Crippen LogP contribution in [0.3, 0.4) is 0 Å². The van der Waals surface area contributed by atoms with E-state index in [4.69, 9.17) is 14.2 Å². The van der Waals surface area contributed by atoms with Crippen LogP contribution in [0.25, 0.3) is 0 Å². The predicted octanol–water partition coefficient (Wildman–Crippen LogP) is 3.52. The maximum atomic E-state index is 13.4. The molecule has 1 aliphatic rings. The zero-order chi connectivity index (χ0) is 21.2. The summed E-state index contributed by atoms with van der Waals surface area (Å²) in [4.78, 5) is 26.7. The Labute approximate surface area is 171 Å². The van der Waals surface area contributed by atoms with Gasteiger partial charge in [0.15, 0.2) is 17.1 Å². The second-order valence-corrected chi connectivity index (χ2v) is 7.57. The van der Waals surface area contributed by atoms with Crippen molar-refractivity contribution in [2.75, 3.05) is 20.8 Å². The molecule has 0 bridgehead atoms. The molecule has 0 fully saturated rings. The van der Waals surface area contributed by atoms with Crippen molar-refractivity contribution >= 4 is 11.9 Å². The Bertz CT molecular complexity index is 907. The zero-order valence-electron chi connectivity index (χ0n) is 17.5. The van der Waals surface area contributed by atoms with Gasteiger partial charge in [0.2, 0.25) is 0 Å². The fourth-order valence-corrected chi connectivity index (χ4v) is 3.91. The maximum absolute atomic E-state index is 13.4. The summed E-state index contributed by atoms with van der Waals surface area (Å²) in [5.41, 5.74) is 1.80. The summed E-state index contributed by atoms with van der Waals surface area (Å²) in [5, 5.41) is 0. The molecule has 29 heavy (non-hydrogen) atoms. The molecular formula is C23H27NO5. The monoisotopic (exact) mass is 397 g/mol. The molecule has 154 valence electrons. The minimum atomic E-state index is -1.26. The summed E-state index contributed by atoms with van der Waals surface area (Å²) in [7, 11) is 3.20. The van der Waals surface area contributed by atoms with Crippen LogP contribution in [0.1, 0.15) is 43.5 Å². The Kier molecular flexibility index (Phi) is 5.82. The summed E-state index contributed by atoms with van der Waals surface area (Å²) in [5.74, 6) is 0.559. The van der Waals surface area contributed by atoms with Crippen LogP contribution in [-0.4, -0.2) is 43.1 Å². The third-order valence-corrected chi connectivity index (χ3v) is 5.16. The van der Waals surface area contributed by atoms with Crippen LogP contribution in [0.2, 0.25) is 0 Å². The fraction of sp³-hybridized carbons (Fsp3) is 0.391. The molecule has 2 aromatic carbocycles. The summed E-state index contributed by atoms with van der Waals surface area (Å²) < 4.78 is 16.3. The first kappa shape index (κ1) is 20.7. The number of fused-ring (bicyclic) bond motifs is 1. The number of ether oxygens (including phenoxy) is 3. The molecule has 6 nitrogen and oxygen atoms in total. The van der Waals surface area contributed by atoms with E-state index < -0.39 is 11.6 Å². The number of rotatable bonds is 5. The van der Waals surface area contributed by atoms with E-state index in [0.717, 1.165) is 16.7 Å². The number of benzene rings is 2. The number of carbonyl (C=O) groups excluding carboxylic acids is 2. The average Bonchev–Trinajstić information content (AvgIpc) is 2.70. The molecule has 6 heteroatoms. The molecule has 2 aromatic rings. The number of nitrogens with zero attached hydrogens (tertiary/aromatic N) is 1. The molecule has 1 amide bonds. The largest absolute Gasteiger partial charge is 0.493 e. The van der Waals surface area contributed by atoms with Gasteiger partial charge in [0.1, 0.15) is 0 Å². The third kappa shape index (κ3) is 4.06. The molecule has 0 unspecified atom stereocenters. The lowest BCUT2D eigenvalue weighted by molar-refractivity contribution is -0.169. The second-order valence-electron chi connectivity index (χ2n) is 7.57. The normalized spacial score (nSPS) is 16.0. The lowest BCUT2D eigenvalue weighted by Gasteiger charge is -2.41. The first-order valence-electron chi connectivity index (χ1n) is 9.59. The van der Waals surface area contributed by atoms with Crippen molar-refractivity contribution in [3.63, 3.8) is 0 Å². The van der Waals surface area contributed by atoms with Gasteiger partial charge in [0.25, 0.3) is 5.91 Å². The van der Waals surface area contributed by atoms with Crippen LogP contribution in [-0.2, 0) is 20.7 Å². The van der Waals surface area contributed by atoms with Gasteiger partial charge in [-0.2, -0.15) is 0 Å². The van der Waals surface area contributed by atoms with Gasteiger partial charge in [-0.25, -0.2) is 0 Å². The quantitative estimate of drug-likeness (QED) is 0.723. The maximum Gasteiger partial charge on any atom is 0.303 e. The Morgan fingerprint density at radius 2 is 1.66 bits per heavy atom.